The number of benzene rings is 1. The van der Waals surface area contributed by atoms with Crippen molar-refractivity contribution in [3.05, 3.63) is 53.9 Å². The fourth-order valence-electron chi connectivity index (χ4n) is 2.45. The van der Waals surface area contributed by atoms with E-state index in [1.165, 1.54) is 11.8 Å². The highest BCUT2D eigenvalue weighted by molar-refractivity contribution is 5.31. The highest BCUT2D eigenvalue weighted by Crippen LogP contribution is 2.35. The molecule has 3 heteroatoms. The van der Waals surface area contributed by atoms with Crippen LogP contribution in [0.4, 0.5) is 0 Å². The quantitative estimate of drug-likeness (QED) is 0.876. The molecule has 0 radical (unpaired) electrons. The minimum absolute atomic E-state index is 0.191. The van der Waals surface area contributed by atoms with Crippen LogP contribution in [0.1, 0.15) is 43.4 Å². The van der Waals surface area contributed by atoms with E-state index in [1.54, 1.807) is 18.2 Å². The van der Waals surface area contributed by atoms with Gasteiger partial charge in [-0.15, -0.1) is 0 Å². The van der Waals surface area contributed by atoms with Crippen molar-refractivity contribution < 1.29 is 10.2 Å². The summed E-state index contributed by atoms with van der Waals surface area (Å²) in [5.41, 5.74) is 2.17. The fraction of sp³-hybridized carbons (Fsp3) is 0.312. The number of aromatic nitrogens is 1. The summed E-state index contributed by atoms with van der Waals surface area (Å²) in [4.78, 5) is 4.31. The summed E-state index contributed by atoms with van der Waals surface area (Å²) >= 11 is 0. The Morgan fingerprint density at radius 3 is 2.16 bits per heavy atom. The second-order valence-corrected chi connectivity index (χ2v) is 4.84. The first kappa shape index (κ1) is 13.4. The van der Waals surface area contributed by atoms with Gasteiger partial charge in [-0.1, -0.05) is 26.0 Å². The lowest BCUT2D eigenvalue weighted by atomic mass is 9.83. The third-order valence-electron chi connectivity index (χ3n) is 3.61. The molecule has 2 atom stereocenters. The van der Waals surface area contributed by atoms with Gasteiger partial charge in [-0.2, -0.15) is 0 Å². The predicted octanol–water partition coefficient (Wildman–Crippen LogP) is 3.79. The van der Waals surface area contributed by atoms with Crippen molar-refractivity contribution in [2.24, 2.45) is 0 Å². The molecular weight excluding hydrogens is 238 g/mol. The van der Waals surface area contributed by atoms with Gasteiger partial charge < -0.3 is 10.2 Å². The number of hydrogen-bond donors (Lipinski definition) is 2. The third kappa shape index (κ3) is 3.05. The first-order valence-corrected chi connectivity index (χ1v) is 6.55. The summed E-state index contributed by atoms with van der Waals surface area (Å²) < 4.78 is 0. The zero-order valence-electron chi connectivity index (χ0n) is 11.2. The van der Waals surface area contributed by atoms with Gasteiger partial charge in [0.2, 0.25) is 0 Å². The van der Waals surface area contributed by atoms with Crippen LogP contribution in [0.2, 0.25) is 0 Å². The molecular formula is C16H19NO2. The molecule has 3 nitrogen and oxygen atoms in total. The van der Waals surface area contributed by atoms with Crippen molar-refractivity contribution in [1.82, 2.24) is 4.98 Å². The van der Waals surface area contributed by atoms with Gasteiger partial charge in [-0.3, -0.25) is 4.98 Å². The normalized spacial score (nSPS) is 14.0. The molecule has 0 saturated carbocycles. The second kappa shape index (κ2) is 5.74. The first-order valence-electron chi connectivity index (χ1n) is 6.55. The van der Waals surface area contributed by atoms with Crippen molar-refractivity contribution in [2.75, 3.05) is 0 Å². The third-order valence-corrected chi connectivity index (χ3v) is 3.61. The van der Waals surface area contributed by atoms with Crippen molar-refractivity contribution in [1.29, 1.82) is 0 Å². The Labute approximate surface area is 113 Å². The van der Waals surface area contributed by atoms with Crippen LogP contribution in [0.5, 0.6) is 11.5 Å². The van der Waals surface area contributed by atoms with Crippen molar-refractivity contribution in [3.8, 4) is 11.5 Å². The van der Waals surface area contributed by atoms with Crippen LogP contribution in [0.25, 0.3) is 0 Å². The molecule has 0 bridgehead atoms. The molecule has 0 saturated heterocycles. The van der Waals surface area contributed by atoms with Crippen molar-refractivity contribution in [2.45, 2.75) is 32.1 Å². The molecule has 19 heavy (non-hydrogen) atoms. The molecule has 100 valence electrons. The van der Waals surface area contributed by atoms with Crippen LogP contribution in [0.15, 0.2) is 42.6 Å². The first-order chi connectivity index (χ1) is 9.11. The van der Waals surface area contributed by atoms with Crippen LogP contribution < -0.4 is 0 Å². The molecule has 0 amide bonds. The molecule has 2 N–H and O–H groups in total. The Kier molecular flexibility index (Phi) is 4.05. The van der Waals surface area contributed by atoms with Crippen LogP contribution >= 0.6 is 0 Å². The lowest BCUT2D eigenvalue weighted by Gasteiger charge is -2.22. The van der Waals surface area contributed by atoms with E-state index in [9.17, 15) is 10.2 Å². The van der Waals surface area contributed by atoms with Gasteiger partial charge in [-0.25, -0.2) is 0 Å². The van der Waals surface area contributed by atoms with E-state index in [-0.39, 0.29) is 11.5 Å². The number of aromatic hydroxyl groups is 2. The molecule has 2 rings (SSSR count). The molecule has 0 fully saturated rings. The topological polar surface area (TPSA) is 53.4 Å². The summed E-state index contributed by atoms with van der Waals surface area (Å²) in [6.45, 7) is 4.30. The lowest BCUT2D eigenvalue weighted by Crippen LogP contribution is -2.09. The van der Waals surface area contributed by atoms with Crippen molar-refractivity contribution >= 4 is 0 Å². The number of phenolic OH excluding ortho intramolecular Hbond substituents is 1. The van der Waals surface area contributed by atoms with Gasteiger partial charge in [0.25, 0.3) is 0 Å². The van der Waals surface area contributed by atoms with Gasteiger partial charge in [0.15, 0.2) is 0 Å². The molecule has 1 heterocycles. The van der Waals surface area contributed by atoms with Crippen molar-refractivity contribution in [3.63, 3.8) is 0 Å². The number of hydrogen-bond acceptors (Lipinski definition) is 3. The maximum absolute atomic E-state index is 9.34. The van der Waals surface area contributed by atoms with Crippen LogP contribution in [0, 0.1) is 0 Å². The average molecular weight is 257 g/mol. The standard InChI is InChI=1S/C16H19NO2/c1-3-15(16-9-8-14(19)10-17-16)11(2)12-4-6-13(18)7-5-12/h4-11,15,18-19H,3H2,1-2H3/t11-,15-/m0/s1. The zero-order valence-corrected chi connectivity index (χ0v) is 11.2. The van der Waals surface area contributed by atoms with E-state index in [4.69, 9.17) is 0 Å². The summed E-state index contributed by atoms with van der Waals surface area (Å²) in [6, 6.07) is 10.9. The largest absolute Gasteiger partial charge is 0.508 e. The van der Waals surface area contributed by atoms with E-state index in [0.29, 0.717) is 11.8 Å². The average Bonchev–Trinajstić information content (AvgIpc) is 2.42. The number of nitrogens with zero attached hydrogens (tertiary/aromatic N) is 1. The SMILES string of the molecule is CC[C@H](c1ccc(O)cn1)[C@@H](C)c1ccc(O)cc1. The van der Waals surface area contributed by atoms with Gasteiger partial charge in [-0.05, 0) is 42.2 Å². The minimum Gasteiger partial charge on any atom is -0.508 e. The molecule has 0 aliphatic carbocycles. The number of rotatable bonds is 4. The Hall–Kier alpha value is -2.03. The Balaban J connectivity index is 2.26. The van der Waals surface area contributed by atoms with Crippen LogP contribution in [0.3, 0.4) is 0 Å². The van der Waals surface area contributed by atoms with E-state index >= 15 is 0 Å². The maximum atomic E-state index is 9.34. The molecule has 2 aromatic rings. The summed E-state index contributed by atoms with van der Waals surface area (Å²) in [7, 11) is 0. The van der Waals surface area contributed by atoms with Gasteiger partial charge in [0.05, 0.1) is 6.20 Å². The molecule has 0 unspecified atom stereocenters. The van der Waals surface area contributed by atoms with Crippen LogP contribution in [-0.2, 0) is 0 Å². The van der Waals surface area contributed by atoms with Crippen LogP contribution in [-0.4, -0.2) is 15.2 Å². The van der Waals surface area contributed by atoms with Gasteiger partial charge in [0, 0.05) is 11.6 Å². The predicted molar refractivity (Wildman–Crippen MR) is 75.5 cm³/mol. The Bertz CT molecular complexity index is 519. The molecule has 0 aliphatic heterocycles. The Morgan fingerprint density at radius 1 is 1.00 bits per heavy atom. The second-order valence-electron chi connectivity index (χ2n) is 4.84. The summed E-state index contributed by atoms with van der Waals surface area (Å²) in [5.74, 6) is 1.08. The summed E-state index contributed by atoms with van der Waals surface area (Å²) in [5, 5.41) is 18.6. The van der Waals surface area contributed by atoms with E-state index in [2.05, 4.69) is 18.8 Å². The van der Waals surface area contributed by atoms with Gasteiger partial charge in [0.1, 0.15) is 11.5 Å². The summed E-state index contributed by atoms with van der Waals surface area (Å²) in [6.07, 6.45) is 2.46. The highest BCUT2D eigenvalue weighted by Gasteiger charge is 2.20. The smallest absolute Gasteiger partial charge is 0.133 e. The zero-order chi connectivity index (χ0) is 13.8. The van der Waals surface area contributed by atoms with E-state index < -0.39 is 0 Å². The van der Waals surface area contributed by atoms with E-state index in [0.717, 1.165) is 12.1 Å². The fourth-order valence-corrected chi connectivity index (χ4v) is 2.45. The lowest BCUT2D eigenvalue weighted by molar-refractivity contribution is 0.468. The van der Waals surface area contributed by atoms with E-state index in [1.807, 2.05) is 18.2 Å². The Morgan fingerprint density at radius 2 is 1.63 bits per heavy atom. The number of pyridine rings is 1. The minimum atomic E-state index is 0.191. The van der Waals surface area contributed by atoms with Gasteiger partial charge >= 0.3 is 0 Å². The molecule has 0 spiro atoms. The maximum Gasteiger partial charge on any atom is 0.133 e. The number of phenols is 1. The molecule has 1 aromatic carbocycles. The highest BCUT2D eigenvalue weighted by atomic mass is 16.3. The monoisotopic (exact) mass is 257 g/mol. The molecule has 0 aliphatic rings. The molecule has 1 aromatic heterocycles.